The highest BCUT2D eigenvalue weighted by Gasteiger charge is 2.07. The second-order valence-electron chi connectivity index (χ2n) is 3.71. The molecule has 0 saturated heterocycles. The van der Waals surface area contributed by atoms with Crippen molar-refractivity contribution in [2.45, 2.75) is 45.8 Å². The summed E-state index contributed by atoms with van der Waals surface area (Å²) < 4.78 is 10.7. The van der Waals surface area contributed by atoms with Crippen molar-refractivity contribution in [3.63, 3.8) is 0 Å². The number of ether oxygens (including phenoxy) is 2. The fourth-order valence-electron chi connectivity index (χ4n) is 1.43. The van der Waals surface area contributed by atoms with E-state index < -0.39 is 0 Å². The molecule has 0 spiro atoms. The lowest BCUT2D eigenvalue weighted by atomic mass is 10.2. The Morgan fingerprint density at radius 1 is 1.21 bits per heavy atom. The van der Waals surface area contributed by atoms with Gasteiger partial charge in [-0.1, -0.05) is 6.92 Å². The van der Waals surface area contributed by atoms with E-state index in [0.717, 1.165) is 19.5 Å². The van der Waals surface area contributed by atoms with Gasteiger partial charge in [-0.05, 0) is 39.8 Å². The Morgan fingerprint density at radius 3 is 2.50 bits per heavy atom. The van der Waals surface area contributed by atoms with Gasteiger partial charge < -0.3 is 14.8 Å². The van der Waals surface area contributed by atoms with Crippen LogP contribution in [-0.2, 0) is 9.47 Å². The van der Waals surface area contributed by atoms with Crippen LogP contribution in [0, 0.1) is 0 Å². The van der Waals surface area contributed by atoms with E-state index in [2.05, 4.69) is 19.2 Å². The van der Waals surface area contributed by atoms with Crippen molar-refractivity contribution in [3.8, 4) is 0 Å². The van der Waals surface area contributed by atoms with Gasteiger partial charge in [0.1, 0.15) is 0 Å². The molecule has 0 aliphatic heterocycles. The first-order chi connectivity index (χ1) is 6.70. The molecule has 0 aromatic carbocycles. The van der Waals surface area contributed by atoms with Crippen LogP contribution in [0.25, 0.3) is 0 Å². The molecule has 0 aromatic rings. The van der Waals surface area contributed by atoms with E-state index in [4.69, 9.17) is 9.47 Å². The van der Waals surface area contributed by atoms with E-state index in [1.54, 1.807) is 7.11 Å². The zero-order chi connectivity index (χ0) is 10.8. The molecule has 3 nitrogen and oxygen atoms in total. The van der Waals surface area contributed by atoms with Gasteiger partial charge in [-0.15, -0.1) is 0 Å². The molecule has 3 heteroatoms. The summed E-state index contributed by atoms with van der Waals surface area (Å²) in [6, 6.07) is 0. The summed E-state index contributed by atoms with van der Waals surface area (Å²) in [5, 5.41) is 3.30. The van der Waals surface area contributed by atoms with Crippen LogP contribution in [0.2, 0.25) is 0 Å². The van der Waals surface area contributed by atoms with Crippen molar-refractivity contribution in [1.29, 1.82) is 0 Å². The van der Waals surface area contributed by atoms with E-state index in [1.807, 2.05) is 6.92 Å². The summed E-state index contributed by atoms with van der Waals surface area (Å²) in [6.07, 6.45) is 2.82. The minimum absolute atomic E-state index is 0.203. The normalized spacial score (nSPS) is 15.4. The van der Waals surface area contributed by atoms with E-state index >= 15 is 0 Å². The van der Waals surface area contributed by atoms with Crippen LogP contribution in [0.4, 0.5) is 0 Å². The Labute approximate surface area is 88.2 Å². The third kappa shape index (κ3) is 8.48. The van der Waals surface area contributed by atoms with Crippen molar-refractivity contribution in [3.05, 3.63) is 0 Å². The van der Waals surface area contributed by atoms with Crippen LogP contribution in [0.1, 0.15) is 33.6 Å². The molecule has 1 N–H and O–H groups in total. The molecule has 0 amide bonds. The highest BCUT2D eigenvalue weighted by molar-refractivity contribution is 4.56. The van der Waals surface area contributed by atoms with Crippen molar-refractivity contribution in [2.24, 2.45) is 0 Å². The number of rotatable bonds is 9. The van der Waals surface area contributed by atoms with Crippen molar-refractivity contribution in [2.75, 3.05) is 26.8 Å². The quantitative estimate of drug-likeness (QED) is 0.580. The van der Waals surface area contributed by atoms with Crippen LogP contribution in [0.15, 0.2) is 0 Å². The molecule has 0 heterocycles. The third-order valence-electron chi connectivity index (χ3n) is 2.08. The fraction of sp³-hybridized carbons (Fsp3) is 1.00. The van der Waals surface area contributed by atoms with Gasteiger partial charge in [0.15, 0.2) is 0 Å². The maximum absolute atomic E-state index is 5.72. The molecule has 14 heavy (non-hydrogen) atoms. The minimum atomic E-state index is 0.203. The lowest BCUT2D eigenvalue weighted by Crippen LogP contribution is -2.22. The number of hydrogen-bond donors (Lipinski definition) is 1. The molecule has 0 saturated carbocycles. The lowest BCUT2D eigenvalue weighted by Gasteiger charge is -2.18. The van der Waals surface area contributed by atoms with Gasteiger partial charge in [0, 0.05) is 7.11 Å². The first-order valence-electron chi connectivity index (χ1n) is 5.55. The van der Waals surface area contributed by atoms with Crippen LogP contribution in [0.3, 0.4) is 0 Å². The van der Waals surface area contributed by atoms with Crippen LogP contribution < -0.4 is 5.32 Å². The maximum atomic E-state index is 5.72. The standard InChI is InChI=1S/C11H25NO2/c1-5-12-8-6-7-10(2)14-11(3)9-13-4/h10-12H,5-9H2,1-4H3. The summed E-state index contributed by atoms with van der Waals surface area (Å²) in [5.74, 6) is 0. The van der Waals surface area contributed by atoms with Crippen molar-refractivity contribution < 1.29 is 9.47 Å². The monoisotopic (exact) mass is 203 g/mol. The highest BCUT2D eigenvalue weighted by atomic mass is 16.5. The molecule has 2 unspecified atom stereocenters. The van der Waals surface area contributed by atoms with Crippen molar-refractivity contribution in [1.82, 2.24) is 5.32 Å². The van der Waals surface area contributed by atoms with Gasteiger partial charge in [-0.3, -0.25) is 0 Å². The SMILES string of the molecule is CCNCCCC(C)OC(C)COC. The topological polar surface area (TPSA) is 30.5 Å². The molecule has 0 bridgehead atoms. The molecular formula is C11H25NO2. The van der Waals surface area contributed by atoms with E-state index in [-0.39, 0.29) is 6.10 Å². The van der Waals surface area contributed by atoms with E-state index in [1.165, 1.54) is 6.42 Å². The lowest BCUT2D eigenvalue weighted by molar-refractivity contribution is -0.0343. The Kier molecular flexibility index (Phi) is 9.35. The molecule has 0 radical (unpaired) electrons. The fourth-order valence-corrected chi connectivity index (χ4v) is 1.43. The Bertz CT molecular complexity index is 120. The summed E-state index contributed by atoms with van der Waals surface area (Å²) in [7, 11) is 1.70. The smallest absolute Gasteiger partial charge is 0.0783 e. The van der Waals surface area contributed by atoms with E-state index in [0.29, 0.717) is 12.7 Å². The van der Waals surface area contributed by atoms with Gasteiger partial charge in [-0.2, -0.15) is 0 Å². The van der Waals surface area contributed by atoms with Gasteiger partial charge in [0.05, 0.1) is 18.8 Å². The van der Waals surface area contributed by atoms with Gasteiger partial charge in [0.25, 0.3) is 0 Å². The summed E-state index contributed by atoms with van der Waals surface area (Å²) >= 11 is 0. The first-order valence-corrected chi connectivity index (χ1v) is 5.55. The predicted molar refractivity (Wildman–Crippen MR) is 59.7 cm³/mol. The highest BCUT2D eigenvalue weighted by Crippen LogP contribution is 2.04. The van der Waals surface area contributed by atoms with Crippen molar-refractivity contribution >= 4 is 0 Å². The van der Waals surface area contributed by atoms with Gasteiger partial charge in [-0.25, -0.2) is 0 Å². The molecule has 0 rings (SSSR count). The molecule has 0 aliphatic carbocycles. The number of nitrogens with one attached hydrogen (secondary N) is 1. The number of methoxy groups -OCH3 is 1. The predicted octanol–water partition coefficient (Wildman–Crippen LogP) is 1.82. The third-order valence-corrected chi connectivity index (χ3v) is 2.08. The summed E-state index contributed by atoms with van der Waals surface area (Å²) in [4.78, 5) is 0. The van der Waals surface area contributed by atoms with Gasteiger partial charge >= 0.3 is 0 Å². The molecule has 0 fully saturated rings. The van der Waals surface area contributed by atoms with Crippen LogP contribution in [-0.4, -0.2) is 39.0 Å². The Balaban J connectivity index is 3.30. The first kappa shape index (κ1) is 13.9. The van der Waals surface area contributed by atoms with E-state index in [9.17, 15) is 0 Å². The van der Waals surface area contributed by atoms with Gasteiger partial charge in [0.2, 0.25) is 0 Å². The second-order valence-corrected chi connectivity index (χ2v) is 3.71. The molecular weight excluding hydrogens is 178 g/mol. The second kappa shape index (κ2) is 9.44. The zero-order valence-electron chi connectivity index (χ0n) is 10.0. The maximum Gasteiger partial charge on any atom is 0.0783 e. The van der Waals surface area contributed by atoms with Crippen LogP contribution >= 0.6 is 0 Å². The minimum Gasteiger partial charge on any atom is -0.382 e. The zero-order valence-corrected chi connectivity index (χ0v) is 10.0. The Morgan fingerprint density at radius 2 is 1.93 bits per heavy atom. The van der Waals surface area contributed by atoms with Crippen LogP contribution in [0.5, 0.6) is 0 Å². The molecule has 0 aliphatic rings. The largest absolute Gasteiger partial charge is 0.382 e. The molecule has 86 valence electrons. The summed E-state index contributed by atoms with van der Waals surface area (Å²) in [5.41, 5.74) is 0. The molecule has 0 aromatic heterocycles. The number of hydrogen-bond acceptors (Lipinski definition) is 3. The molecule has 2 atom stereocenters. The summed E-state index contributed by atoms with van der Waals surface area (Å²) in [6.45, 7) is 9.11. The average molecular weight is 203 g/mol. The Hall–Kier alpha value is -0.120. The average Bonchev–Trinajstić information content (AvgIpc) is 2.13.